The summed E-state index contributed by atoms with van der Waals surface area (Å²) in [5.41, 5.74) is 0.618. The van der Waals surface area contributed by atoms with Gasteiger partial charge in [0.2, 0.25) is 0 Å². The summed E-state index contributed by atoms with van der Waals surface area (Å²) in [7, 11) is -3.80. The van der Waals surface area contributed by atoms with Gasteiger partial charge in [0.25, 0.3) is 15.9 Å². The van der Waals surface area contributed by atoms with Gasteiger partial charge in [-0.2, -0.15) is 0 Å². The molecule has 152 valence electrons. The van der Waals surface area contributed by atoms with Crippen molar-refractivity contribution in [2.45, 2.75) is 24.8 Å². The van der Waals surface area contributed by atoms with Crippen LogP contribution in [0.3, 0.4) is 0 Å². The number of carbonyl (C=O) groups excluding carboxylic acids is 1. The van der Waals surface area contributed by atoms with Crippen molar-refractivity contribution in [3.63, 3.8) is 0 Å². The van der Waals surface area contributed by atoms with Gasteiger partial charge in [-0.1, -0.05) is 6.07 Å². The van der Waals surface area contributed by atoms with Gasteiger partial charge in [-0.25, -0.2) is 8.42 Å². The summed E-state index contributed by atoms with van der Waals surface area (Å²) in [6, 6.07) is 15.6. The molecular formula is C21H22N2O5S. The van der Waals surface area contributed by atoms with Crippen LogP contribution in [0.15, 0.2) is 76.2 Å². The van der Waals surface area contributed by atoms with Gasteiger partial charge in [0.05, 0.1) is 23.8 Å². The Kier molecular flexibility index (Phi) is 6.23. The predicted molar refractivity (Wildman–Crippen MR) is 109 cm³/mol. The highest BCUT2D eigenvalue weighted by Crippen LogP contribution is 2.21. The molecule has 0 unspecified atom stereocenters. The summed E-state index contributed by atoms with van der Waals surface area (Å²) in [6.07, 6.45) is 1.54. The predicted octanol–water partition coefficient (Wildman–Crippen LogP) is 3.97. The second-order valence-corrected chi connectivity index (χ2v) is 7.98. The zero-order valence-corrected chi connectivity index (χ0v) is 16.9. The van der Waals surface area contributed by atoms with E-state index in [0.717, 1.165) is 0 Å². The molecule has 0 radical (unpaired) electrons. The number of anilines is 1. The van der Waals surface area contributed by atoms with Gasteiger partial charge in [0.15, 0.2) is 0 Å². The normalized spacial score (nSPS) is 12.2. The molecule has 1 aromatic heterocycles. The summed E-state index contributed by atoms with van der Waals surface area (Å²) < 4.78 is 38.3. The summed E-state index contributed by atoms with van der Waals surface area (Å²) in [4.78, 5) is 12.6. The number of sulfonamides is 1. The van der Waals surface area contributed by atoms with Gasteiger partial charge < -0.3 is 14.5 Å². The lowest BCUT2D eigenvalue weighted by Gasteiger charge is -2.13. The van der Waals surface area contributed by atoms with E-state index in [1.54, 1.807) is 49.4 Å². The minimum absolute atomic E-state index is 0.0993. The van der Waals surface area contributed by atoms with Crippen LogP contribution in [0.5, 0.6) is 5.75 Å². The van der Waals surface area contributed by atoms with Crippen molar-refractivity contribution in [1.29, 1.82) is 0 Å². The lowest BCUT2D eigenvalue weighted by molar-refractivity contribution is 0.0935. The highest BCUT2D eigenvalue weighted by molar-refractivity contribution is 7.92. The highest BCUT2D eigenvalue weighted by Gasteiger charge is 2.17. The number of benzene rings is 2. The molecule has 1 amide bonds. The van der Waals surface area contributed by atoms with Crippen molar-refractivity contribution < 1.29 is 22.4 Å². The van der Waals surface area contributed by atoms with E-state index in [1.165, 1.54) is 24.5 Å². The number of rotatable bonds is 8. The summed E-state index contributed by atoms with van der Waals surface area (Å²) in [5.74, 6) is 0.887. The van der Waals surface area contributed by atoms with E-state index >= 15 is 0 Å². The zero-order chi connectivity index (χ0) is 20.9. The number of hydrogen-bond donors (Lipinski definition) is 2. The second kappa shape index (κ2) is 8.83. The Morgan fingerprint density at radius 2 is 1.86 bits per heavy atom. The minimum atomic E-state index is -3.80. The van der Waals surface area contributed by atoms with Crippen LogP contribution in [-0.4, -0.2) is 20.9 Å². The molecular weight excluding hydrogens is 392 g/mol. The molecule has 0 aliphatic carbocycles. The van der Waals surface area contributed by atoms with E-state index < -0.39 is 10.0 Å². The van der Waals surface area contributed by atoms with Crippen molar-refractivity contribution in [3.05, 3.63) is 78.3 Å². The van der Waals surface area contributed by atoms with Gasteiger partial charge in [-0.05, 0) is 68.4 Å². The minimum Gasteiger partial charge on any atom is -0.494 e. The Hall–Kier alpha value is -3.26. The Bertz CT molecular complexity index is 1060. The molecule has 3 rings (SSSR count). The Labute approximate surface area is 169 Å². The zero-order valence-electron chi connectivity index (χ0n) is 16.1. The van der Waals surface area contributed by atoms with Crippen LogP contribution in [0, 0.1) is 0 Å². The third kappa shape index (κ3) is 5.17. The van der Waals surface area contributed by atoms with Gasteiger partial charge in [0, 0.05) is 11.3 Å². The molecule has 29 heavy (non-hydrogen) atoms. The molecule has 0 saturated heterocycles. The smallest absolute Gasteiger partial charge is 0.261 e. The fourth-order valence-electron chi connectivity index (χ4n) is 2.71. The maximum absolute atomic E-state index is 12.6. The topological polar surface area (TPSA) is 97.6 Å². The van der Waals surface area contributed by atoms with Crippen LogP contribution < -0.4 is 14.8 Å². The van der Waals surface area contributed by atoms with E-state index in [2.05, 4.69) is 10.0 Å². The number of hydrogen-bond acceptors (Lipinski definition) is 5. The molecule has 7 nitrogen and oxygen atoms in total. The van der Waals surface area contributed by atoms with Crippen molar-refractivity contribution >= 4 is 21.6 Å². The number of carbonyl (C=O) groups is 1. The van der Waals surface area contributed by atoms with Gasteiger partial charge in [-0.3, -0.25) is 9.52 Å². The molecule has 8 heteroatoms. The third-order valence-corrected chi connectivity index (χ3v) is 5.54. The van der Waals surface area contributed by atoms with E-state index in [-0.39, 0.29) is 22.5 Å². The first-order chi connectivity index (χ1) is 13.9. The molecule has 2 N–H and O–H groups in total. The molecule has 1 heterocycles. The Morgan fingerprint density at radius 3 is 2.52 bits per heavy atom. The van der Waals surface area contributed by atoms with Gasteiger partial charge in [-0.15, -0.1) is 0 Å². The maximum Gasteiger partial charge on any atom is 0.261 e. The quantitative estimate of drug-likeness (QED) is 0.581. The molecule has 3 aromatic rings. The number of ether oxygens (including phenoxy) is 1. The average Bonchev–Trinajstić information content (AvgIpc) is 3.23. The second-order valence-electron chi connectivity index (χ2n) is 6.30. The largest absolute Gasteiger partial charge is 0.494 e. The fourth-order valence-corrected chi connectivity index (χ4v) is 3.76. The van der Waals surface area contributed by atoms with Gasteiger partial charge in [0.1, 0.15) is 11.5 Å². The molecule has 0 spiro atoms. The molecule has 0 bridgehead atoms. The standard InChI is InChI=1S/C21H22N2O5S/c1-3-27-18-9-11-19(12-10-18)29(25,26)23-17-7-4-6-16(14-17)21(24)22-15(2)20-8-5-13-28-20/h4-15,23H,3H2,1-2H3,(H,22,24)/t15-/m0/s1. The number of amides is 1. The first-order valence-corrected chi connectivity index (χ1v) is 10.6. The van der Waals surface area contributed by atoms with E-state index in [1.807, 2.05) is 6.92 Å². The average molecular weight is 414 g/mol. The van der Waals surface area contributed by atoms with Crippen molar-refractivity contribution in [3.8, 4) is 5.75 Å². The van der Waals surface area contributed by atoms with E-state index in [9.17, 15) is 13.2 Å². The molecule has 0 saturated carbocycles. The van der Waals surface area contributed by atoms with E-state index in [0.29, 0.717) is 23.7 Å². The molecule has 0 aliphatic rings. The van der Waals surface area contributed by atoms with Crippen LogP contribution in [0.4, 0.5) is 5.69 Å². The fraction of sp³-hybridized carbons (Fsp3) is 0.190. The molecule has 0 fully saturated rings. The van der Waals surface area contributed by atoms with Crippen LogP contribution in [0.2, 0.25) is 0 Å². The lowest BCUT2D eigenvalue weighted by Crippen LogP contribution is -2.26. The first-order valence-electron chi connectivity index (χ1n) is 9.09. The number of nitrogens with one attached hydrogen (secondary N) is 2. The molecule has 0 aliphatic heterocycles. The maximum atomic E-state index is 12.6. The van der Waals surface area contributed by atoms with Crippen LogP contribution in [-0.2, 0) is 10.0 Å². The summed E-state index contributed by atoms with van der Waals surface area (Å²) in [6.45, 7) is 4.15. The van der Waals surface area contributed by atoms with E-state index in [4.69, 9.17) is 9.15 Å². The first kappa shape index (κ1) is 20.5. The monoisotopic (exact) mass is 414 g/mol. The molecule has 1 atom stereocenters. The van der Waals surface area contributed by atoms with Crippen molar-refractivity contribution in [2.75, 3.05) is 11.3 Å². The molecule has 2 aromatic carbocycles. The number of furan rings is 1. The lowest BCUT2D eigenvalue weighted by atomic mass is 10.1. The highest BCUT2D eigenvalue weighted by atomic mass is 32.2. The summed E-state index contributed by atoms with van der Waals surface area (Å²) in [5, 5.41) is 2.81. The van der Waals surface area contributed by atoms with Crippen LogP contribution in [0.1, 0.15) is 36.0 Å². The Morgan fingerprint density at radius 1 is 1.10 bits per heavy atom. The van der Waals surface area contributed by atoms with Crippen LogP contribution >= 0.6 is 0 Å². The van der Waals surface area contributed by atoms with Crippen molar-refractivity contribution in [2.24, 2.45) is 0 Å². The van der Waals surface area contributed by atoms with Crippen LogP contribution in [0.25, 0.3) is 0 Å². The summed E-state index contributed by atoms with van der Waals surface area (Å²) >= 11 is 0. The Balaban J connectivity index is 1.72. The van der Waals surface area contributed by atoms with Crippen molar-refractivity contribution in [1.82, 2.24) is 5.32 Å². The SMILES string of the molecule is CCOc1ccc(S(=O)(=O)Nc2cccc(C(=O)N[C@@H](C)c3ccco3)c2)cc1. The third-order valence-electron chi connectivity index (χ3n) is 4.14. The van der Waals surface area contributed by atoms with Gasteiger partial charge >= 0.3 is 0 Å².